The molecule has 1 heterocycles. The van der Waals surface area contributed by atoms with Crippen LogP contribution in [0.2, 0.25) is 5.02 Å². The lowest BCUT2D eigenvalue weighted by Crippen LogP contribution is -2.43. The Balaban J connectivity index is 1.36. The molecule has 1 aliphatic carbocycles. The van der Waals surface area contributed by atoms with Gasteiger partial charge in [-0.3, -0.25) is 14.4 Å². The zero-order chi connectivity index (χ0) is 23.7. The van der Waals surface area contributed by atoms with Crippen LogP contribution in [0.4, 0.5) is 5.69 Å². The number of ketones is 1. The third-order valence-electron chi connectivity index (χ3n) is 6.36. The van der Waals surface area contributed by atoms with Gasteiger partial charge in [0.1, 0.15) is 6.04 Å². The van der Waals surface area contributed by atoms with E-state index >= 15 is 0 Å². The number of Topliss-reactive ketones (excluding diaryl/α,β-unsaturated/α-hetero) is 1. The lowest BCUT2D eigenvalue weighted by Gasteiger charge is -2.30. The molecular formula is C26H28ClN3O3. The topological polar surface area (TPSA) is 78.5 Å². The van der Waals surface area contributed by atoms with Crippen LogP contribution in [0.15, 0.2) is 48.6 Å². The number of amides is 2. The van der Waals surface area contributed by atoms with Crippen LogP contribution < -0.4 is 10.6 Å². The summed E-state index contributed by atoms with van der Waals surface area (Å²) in [4.78, 5) is 39.6. The molecule has 33 heavy (non-hydrogen) atoms. The molecule has 1 saturated carbocycles. The van der Waals surface area contributed by atoms with E-state index in [4.69, 9.17) is 11.6 Å². The average Bonchev–Trinajstić information content (AvgIpc) is 3.10. The van der Waals surface area contributed by atoms with Gasteiger partial charge >= 0.3 is 0 Å². The first kappa shape index (κ1) is 23.1. The third-order valence-corrected chi connectivity index (χ3v) is 6.77. The molecule has 0 bridgehead atoms. The molecule has 1 aliphatic heterocycles. The highest BCUT2D eigenvalue weighted by Crippen LogP contribution is 2.31. The van der Waals surface area contributed by atoms with Crippen molar-refractivity contribution in [3.63, 3.8) is 0 Å². The first-order valence-electron chi connectivity index (χ1n) is 11.2. The van der Waals surface area contributed by atoms with Gasteiger partial charge in [-0.05, 0) is 61.6 Å². The minimum Gasteiger partial charge on any atom is -0.374 e. The Bertz CT molecular complexity index is 1140. The molecule has 4 rings (SSSR count). The fourth-order valence-corrected chi connectivity index (χ4v) is 4.56. The summed E-state index contributed by atoms with van der Waals surface area (Å²) in [6.45, 7) is 8.39. The van der Waals surface area contributed by atoms with E-state index in [0.717, 1.165) is 34.4 Å². The second-order valence-corrected chi connectivity index (χ2v) is 9.33. The lowest BCUT2D eigenvalue weighted by molar-refractivity contribution is -0.124. The van der Waals surface area contributed by atoms with Gasteiger partial charge in [0, 0.05) is 35.8 Å². The molecule has 2 aromatic carbocycles. The summed E-state index contributed by atoms with van der Waals surface area (Å²) in [6.07, 6.45) is 1.76. The molecule has 2 atom stereocenters. The number of hydrogen-bond acceptors (Lipinski definition) is 4. The van der Waals surface area contributed by atoms with Crippen molar-refractivity contribution >= 4 is 34.9 Å². The molecule has 2 amide bonds. The van der Waals surface area contributed by atoms with Crippen molar-refractivity contribution in [1.82, 2.24) is 10.2 Å². The third kappa shape index (κ3) is 4.96. The van der Waals surface area contributed by atoms with Gasteiger partial charge < -0.3 is 15.5 Å². The summed E-state index contributed by atoms with van der Waals surface area (Å²) >= 11 is 6.16. The summed E-state index contributed by atoms with van der Waals surface area (Å²) in [5.74, 6) is -0.171. The Morgan fingerprint density at radius 1 is 1.24 bits per heavy atom. The number of aryl methyl sites for hydroxylation is 1. The van der Waals surface area contributed by atoms with Crippen LogP contribution in [-0.2, 0) is 22.7 Å². The predicted octanol–water partition coefficient (Wildman–Crippen LogP) is 4.40. The van der Waals surface area contributed by atoms with Gasteiger partial charge in [-0.25, -0.2) is 0 Å². The van der Waals surface area contributed by atoms with Gasteiger partial charge in [-0.15, -0.1) is 0 Å². The van der Waals surface area contributed by atoms with Gasteiger partial charge in [0.2, 0.25) is 5.91 Å². The summed E-state index contributed by atoms with van der Waals surface area (Å²) in [5.41, 5.74) is 5.13. The van der Waals surface area contributed by atoms with E-state index in [9.17, 15) is 14.4 Å². The second kappa shape index (κ2) is 9.40. The molecule has 0 aromatic heterocycles. The summed E-state index contributed by atoms with van der Waals surface area (Å²) in [5, 5.41) is 6.74. The van der Waals surface area contributed by atoms with Crippen LogP contribution in [0.5, 0.6) is 0 Å². The number of rotatable bonds is 6. The van der Waals surface area contributed by atoms with E-state index in [2.05, 4.69) is 17.2 Å². The number of halogens is 1. The van der Waals surface area contributed by atoms with Crippen molar-refractivity contribution in [3.8, 4) is 0 Å². The lowest BCUT2D eigenvalue weighted by atomic mass is 9.90. The number of carbonyl (C=O) groups is 3. The number of carbonyl (C=O) groups excluding carboxylic acids is 3. The molecule has 2 aromatic rings. The number of nitrogens with one attached hydrogen (secondary N) is 2. The van der Waals surface area contributed by atoms with Crippen molar-refractivity contribution < 1.29 is 14.4 Å². The number of allylic oxidation sites excluding steroid dienone is 1. The van der Waals surface area contributed by atoms with Crippen LogP contribution in [-0.4, -0.2) is 34.6 Å². The minimum atomic E-state index is -0.442. The quantitative estimate of drug-likeness (QED) is 0.620. The number of nitrogens with zero attached hydrogens (tertiary/aromatic N) is 1. The summed E-state index contributed by atoms with van der Waals surface area (Å²) in [7, 11) is 0. The highest BCUT2D eigenvalue weighted by Gasteiger charge is 2.37. The van der Waals surface area contributed by atoms with Crippen LogP contribution in [0.25, 0.3) is 0 Å². The molecule has 0 spiro atoms. The van der Waals surface area contributed by atoms with E-state index < -0.39 is 6.04 Å². The highest BCUT2D eigenvalue weighted by molar-refractivity contribution is 6.31. The maximum atomic E-state index is 12.9. The Morgan fingerprint density at radius 3 is 2.76 bits per heavy atom. The smallest absolute Gasteiger partial charge is 0.255 e. The molecule has 0 radical (unpaired) electrons. The van der Waals surface area contributed by atoms with Crippen molar-refractivity contribution in [2.45, 2.75) is 58.3 Å². The van der Waals surface area contributed by atoms with Crippen molar-refractivity contribution in [2.24, 2.45) is 0 Å². The molecular weight excluding hydrogens is 438 g/mol. The van der Waals surface area contributed by atoms with E-state index in [-0.39, 0.29) is 23.6 Å². The van der Waals surface area contributed by atoms with Crippen molar-refractivity contribution in [1.29, 1.82) is 0 Å². The standard InChI is InChI=1S/C26H28ClN3O3/c1-15-4-9-23(24(31)10-15)30-14-19-11-18(6-8-21(19)26(30)33)13-28-25(32)17(3)29-20-7-5-16(2)22(27)12-20/h5-8,11-12,17,23,29H,1,4,9-10,13-14H2,2-3H3,(H,28,32). The van der Waals surface area contributed by atoms with Gasteiger partial charge in [0.05, 0.1) is 6.04 Å². The van der Waals surface area contributed by atoms with E-state index in [1.54, 1.807) is 24.0 Å². The monoisotopic (exact) mass is 465 g/mol. The normalized spacial score (nSPS) is 18.8. The average molecular weight is 466 g/mol. The number of hydrogen-bond donors (Lipinski definition) is 2. The number of anilines is 1. The molecule has 7 heteroatoms. The maximum absolute atomic E-state index is 12.9. The largest absolute Gasteiger partial charge is 0.374 e. The number of benzene rings is 2. The zero-order valence-electron chi connectivity index (χ0n) is 18.9. The second-order valence-electron chi connectivity index (χ2n) is 8.92. The SMILES string of the molecule is C=C1CCC(N2Cc3cc(CNC(=O)C(C)Nc4ccc(C)c(Cl)c4)ccc3C2=O)C(=O)C1. The minimum absolute atomic E-state index is 0.0660. The molecule has 6 nitrogen and oxygen atoms in total. The van der Waals surface area contributed by atoms with Gasteiger partial charge in [-0.1, -0.05) is 42.0 Å². The fourth-order valence-electron chi connectivity index (χ4n) is 4.38. The van der Waals surface area contributed by atoms with Crippen molar-refractivity contribution in [2.75, 3.05) is 5.32 Å². The first-order chi connectivity index (χ1) is 15.7. The van der Waals surface area contributed by atoms with Gasteiger partial charge in [0.15, 0.2) is 5.78 Å². The Morgan fingerprint density at radius 2 is 2.03 bits per heavy atom. The summed E-state index contributed by atoms with van der Waals surface area (Å²) < 4.78 is 0. The van der Waals surface area contributed by atoms with E-state index in [1.165, 1.54) is 0 Å². The Kier molecular flexibility index (Phi) is 6.56. The van der Waals surface area contributed by atoms with Crippen LogP contribution >= 0.6 is 11.6 Å². The summed E-state index contributed by atoms with van der Waals surface area (Å²) in [6, 6.07) is 10.4. The predicted molar refractivity (Wildman–Crippen MR) is 129 cm³/mol. The van der Waals surface area contributed by atoms with Gasteiger partial charge in [-0.2, -0.15) is 0 Å². The molecule has 172 valence electrons. The van der Waals surface area contributed by atoms with Crippen LogP contribution in [0.1, 0.15) is 53.2 Å². The van der Waals surface area contributed by atoms with Gasteiger partial charge in [0.25, 0.3) is 5.91 Å². The molecule has 2 N–H and O–H groups in total. The zero-order valence-corrected chi connectivity index (χ0v) is 19.7. The molecule has 1 fully saturated rings. The molecule has 2 aliphatic rings. The maximum Gasteiger partial charge on any atom is 0.255 e. The highest BCUT2D eigenvalue weighted by atomic mass is 35.5. The Labute approximate surface area is 199 Å². The van der Waals surface area contributed by atoms with Crippen molar-refractivity contribution in [3.05, 3.63) is 75.8 Å². The Hall–Kier alpha value is -3.12. The first-order valence-corrected chi connectivity index (χ1v) is 11.5. The molecule has 0 saturated heterocycles. The number of fused-ring (bicyclic) bond motifs is 1. The van der Waals surface area contributed by atoms with Crippen LogP contribution in [0.3, 0.4) is 0 Å². The van der Waals surface area contributed by atoms with Crippen LogP contribution in [0, 0.1) is 6.92 Å². The fraction of sp³-hybridized carbons (Fsp3) is 0.346. The van der Waals surface area contributed by atoms with E-state index in [1.807, 2.05) is 31.2 Å². The molecule has 2 unspecified atom stereocenters. The van der Waals surface area contributed by atoms with E-state index in [0.29, 0.717) is 36.5 Å².